The molecule has 3 heteroatoms. The number of aliphatic carboxylic acids is 1. The Balaban J connectivity index is 2.07. The van der Waals surface area contributed by atoms with Gasteiger partial charge in [0.1, 0.15) is 0 Å². The fraction of sp³-hybridized carbons (Fsp3) is 0.417. The van der Waals surface area contributed by atoms with Crippen LogP contribution in [0.5, 0.6) is 0 Å². The van der Waals surface area contributed by atoms with Gasteiger partial charge in [0.05, 0.1) is 18.1 Å². The van der Waals surface area contributed by atoms with Gasteiger partial charge in [0, 0.05) is 5.92 Å². The molecule has 3 nitrogen and oxygen atoms in total. The van der Waals surface area contributed by atoms with Crippen molar-refractivity contribution in [2.45, 2.75) is 25.0 Å². The molecule has 78 valence electrons. The van der Waals surface area contributed by atoms with Crippen molar-refractivity contribution in [1.29, 1.82) is 0 Å². The lowest BCUT2D eigenvalue weighted by Crippen LogP contribution is -2.20. The molecule has 0 spiro atoms. The second kappa shape index (κ2) is 2.61. The Hall–Kier alpha value is -1.35. The lowest BCUT2D eigenvalue weighted by atomic mass is 9.99. The minimum atomic E-state index is -0.751. The van der Waals surface area contributed by atoms with Crippen LogP contribution in [0, 0.1) is 5.92 Å². The number of hydrogen-bond donors (Lipinski definition) is 1. The molecule has 1 aliphatic carbocycles. The van der Waals surface area contributed by atoms with Gasteiger partial charge in [-0.1, -0.05) is 24.3 Å². The number of carboxylic acids is 1. The molecule has 0 aromatic heterocycles. The second-order valence-electron chi connectivity index (χ2n) is 4.46. The molecule has 0 radical (unpaired) electrons. The maximum absolute atomic E-state index is 11.1. The van der Waals surface area contributed by atoms with Gasteiger partial charge in [0.2, 0.25) is 0 Å². The maximum Gasteiger partial charge on any atom is 0.310 e. The molecule has 1 aromatic carbocycles. The fourth-order valence-corrected chi connectivity index (χ4v) is 2.75. The van der Waals surface area contributed by atoms with Gasteiger partial charge in [-0.25, -0.2) is 0 Å². The molecule has 15 heavy (non-hydrogen) atoms. The fourth-order valence-electron chi connectivity index (χ4n) is 2.75. The number of hydrogen-bond acceptors (Lipinski definition) is 2. The van der Waals surface area contributed by atoms with Crippen molar-refractivity contribution in [2.24, 2.45) is 5.92 Å². The van der Waals surface area contributed by atoms with E-state index in [1.54, 1.807) is 0 Å². The van der Waals surface area contributed by atoms with E-state index < -0.39 is 11.6 Å². The highest BCUT2D eigenvalue weighted by Gasteiger charge is 2.69. The average molecular weight is 204 g/mol. The third-order valence-electron chi connectivity index (χ3n) is 3.65. The first-order chi connectivity index (χ1) is 7.14. The first kappa shape index (κ1) is 8.92. The molecule has 1 fully saturated rings. The van der Waals surface area contributed by atoms with Crippen LogP contribution in [0.15, 0.2) is 24.3 Å². The van der Waals surface area contributed by atoms with Gasteiger partial charge in [0.15, 0.2) is 0 Å². The van der Waals surface area contributed by atoms with E-state index in [4.69, 9.17) is 9.84 Å². The van der Waals surface area contributed by atoms with E-state index in [1.165, 1.54) is 0 Å². The summed E-state index contributed by atoms with van der Waals surface area (Å²) in [5, 5.41) is 9.09. The van der Waals surface area contributed by atoms with E-state index in [-0.39, 0.29) is 11.8 Å². The standard InChI is InChI=1S/C12H12O3/c1-12-9(10(12)11(13)14)8-5-3-2-4-7(8)6-15-12/h2-5,9-10H,6H2,1H3,(H,13,14). The SMILES string of the molecule is CC12OCc3ccccc3C1C2C(=O)O. The quantitative estimate of drug-likeness (QED) is 0.758. The molecule has 3 rings (SSSR count). The van der Waals surface area contributed by atoms with Crippen LogP contribution >= 0.6 is 0 Å². The predicted octanol–water partition coefficient (Wildman–Crippen LogP) is 1.77. The number of carbonyl (C=O) groups is 1. The summed E-state index contributed by atoms with van der Waals surface area (Å²) in [7, 11) is 0. The van der Waals surface area contributed by atoms with Crippen molar-refractivity contribution < 1.29 is 14.6 Å². The summed E-state index contributed by atoms with van der Waals surface area (Å²) in [6.45, 7) is 2.43. The minimum absolute atomic E-state index is 0.0416. The first-order valence-corrected chi connectivity index (χ1v) is 5.09. The van der Waals surface area contributed by atoms with Crippen LogP contribution in [0.3, 0.4) is 0 Å². The summed E-state index contributed by atoms with van der Waals surface area (Å²) >= 11 is 0. The first-order valence-electron chi connectivity index (χ1n) is 5.09. The highest BCUT2D eigenvalue weighted by atomic mass is 16.5. The number of fused-ring (bicyclic) bond motifs is 3. The van der Waals surface area contributed by atoms with E-state index in [1.807, 2.05) is 31.2 Å². The van der Waals surface area contributed by atoms with Gasteiger partial charge >= 0.3 is 5.97 Å². The van der Waals surface area contributed by atoms with E-state index >= 15 is 0 Å². The molecule has 3 atom stereocenters. The summed E-state index contributed by atoms with van der Waals surface area (Å²) < 4.78 is 5.66. The maximum atomic E-state index is 11.1. The number of rotatable bonds is 1. The zero-order chi connectivity index (χ0) is 10.6. The van der Waals surface area contributed by atoms with Crippen molar-refractivity contribution in [3.05, 3.63) is 35.4 Å². The van der Waals surface area contributed by atoms with Crippen LogP contribution in [-0.4, -0.2) is 16.7 Å². The molecule has 0 bridgehead atoms. The van der Waals surface area contributed by atoms with Crippen molar-refractivity contribution in [2.75, 3.05) is 0 Å². The van der Waals surface area contributed by atoms with Gasteiger partial charge in [-0.2, -0.15) is 0 Å². The molecule has 1 heterocycles. The third-order valence-corrected chi connectivity index (χ3v) is 3.65. The molecule has 1 saturated carbocycles. The highest BCUT2D eigenvalue weighted by Crippen LogP contribution is 2.63. The van der Waals surface area contributed by atoms with Crippen molar-refractivity contribution >= 4 is 5.97 Å². The lowest BCUT2D eigenvalue weighted by molar-refractivity contribution is -0.141. The number of ether oxygens (including phenoxy) is 1. The predicted molar refractivity (Wildman–Crippen MR) is 53.5 cm³/mol. The van der Waals surface area contributed by atoms with E-state index in [0.29, 0.717) is 6.61 Å². The zero-order valence-corrected chi connectivity index (χ0v) is 8.43. The molecular formula is C12H12O3. The largest absolute Gasteiger partial charge is 0.481 e. The van der Waals surface area contributed by atoms with E-state index in [2.05, 4.69) is 0 Å². The average Bonchev–Trinajstić information content (AvgIpc) is 2.85. The Bertz CT molecular complexity index is 440. The van der Waals surface area contributed by atoms with Gasteiger partial charge < -0.3 is 9.84 Å². The number of carboxylic acid groups (broad SMARTS) is 1. The van der Waals surface area contributed by atoms with Crippen LogP contribution in [0.25, 0.3) is 0 Å². The molecule has 1 aliphatic heterocycles. The lowest BCUT2D eigenvalue weighted by Gasteiger charge is -2.21. The smallest absolute Gasteiger partial charge is 0.310 e. The Morgan fingerprint density at radius 3 is 3.00 bits per heavy atom. The summed E-state index contributed by atoms with van der Waals surface area (Å²) in [5.41, 5.74) is 1.81. The minimum Gasteiger partial charge on any atom is -0.481 e. The van der Waals surface area contributed by atoms with Crippen LogP contribution < -0.4 is 0 Å². The number of benzene rings is 1. The molecular weight excluding hydrogens is 192 g/mol. The van der Waals surface area contributed by atoms with E-state index in [9.17, 15) is 4.79 Å². The van der Waals surface area contributed by atoms with Crippen molar-refractivity contribution in [3.63, 3.8) is 0 Å². The topological polar surface area (TPSA) is 46.5 Å². The Labute approximate surface area is 87.7 Å². The monoisotopic (exact) mass is 204 g/mol. The van der Waals surface area contributed by atoms with Crippen LogP contribution in [0.4, 0.5) is 0 Å². The molecule has 0 saturated heterocycles. The van der Waals surface area contributed by atoms with Gasteiger partial charge in [0.25, 0.3) is 0 Å². The summed E-state index contributed by atoms with van der Waals surface area (Å²) in [6.07, 6.45) is 0. The molecule has 3 unspecified atom stereocenters. The molecule has 1 N–H and O–H groups in total. The molecule has 0 amide bonds. The summed E-state index contributed by atoms with van der Waals surface area (Å²) in [6, 6.07) is 7.95. The van der Waals surface area contributed by atoms with Crippen LogP contribution in [0.1, 0.15) is 24.0 Å². The van der Waals surface area contributed by atoms with Gasteiger partial charge in [-0.15, -0.1) is 0 Å². The summed E-state index contributed by atoms with van der Waals surface area (Å²) in [5.74, 6) is -1.08. The van der Waals surface area contributed by atoms with Crippen LogP contribution in [0.2, 0.25) is 0 Å². The zero-order valence-electron chi connectivity index (χ0n) is 8.43. The Morgan fingerprint density at radius 2 is 2.27 bits per heavy atom. The van der Waals surface area contributed by atoms with Crippen molar-refractivity contribution in [3.8, 4) is 0 Å². The van der Waals surface area contributed by atoms with E-state index in [0.717, 1.165) is 11.1 Å². The van der Waals surface area contributed by atoms with Crippen molar-refractivity contribution in [1.82, 2.24) is 0 Å². The Kier molecular flexibility index (Phi) is 1.55. The van der Waals surface area contributed by atoms with Gasteiger partial charge in [-0.3, -0.25) is 4.79 Å². The van der Waals surface area contributed by atoms with Gasteiger partial charge in [-0.05, 0) is 18.1 Å². The normalized spacial score (nSPS) is 36.6. The molecule has 1 aromatic rings. The van der Waals surface area contributed by atoms with Crippen LogP contribution in [-0.2, 0) is 16.1 Å². The second-order valence-corrected chi connectivity index (χ2v) is 4.46. The molecule has 2 aliphatic rings. The summed E-state index contributed by atoms with van der Waals surface area (Å²) in [4.78, 5) is 11.1. The Morgan fingerprint density at radius 1 is 1.53 bits per heavy atom. The third kappa shape index (κ3) is 1.01. The highest BCUT2D eigenvalue weighted by molar-refractivity contribution is 5.79.